The first-order valence-electron chi connectivity index (χ1n) is 6.99. The molecule has 0 aliphatic rings. The Morgan fingerprint density at radius 3 is 2.57 bits per heavy atom. The summed E-state index contributed by atoms with van der Waals surface area (Å²) < 4.78 is 5.48. The molecule has 0 bridgehead atoms. The summed E-state index contributed by atoms with van der Waals surface area (Å²) in [6.07, 6.45) is 0.445. The Balaban J connectivity index is 2.52. The molecule has 0 aliphatic carbocycles. The summed E-state index contributed by atoms with van der Waals surface area (Å²) >= 11 is 0. The second kappa shape index (κ2) is 7.11. The molecule has 5 nitrogen and oxygen atoms in total. The van der Waals surface area contributed by atoms with Gasteiger partial charge in [-0.2, -0.15) is 0 Å². The van der Waals surface area contributed by atoms with Crippen molar-refractivity contribution in [3.05, 3.63) is 29.3 Å². The van der Waals surface area contributed by atoms with Gasteiger partial charge in [0.25, 0.3) is 5.91 Å². The van der Waals surface area contributed by atoms with Crippen LogP contribution in [0.1, 0.15) is 31.4 Å². The number of hydrogen-bond acceptors (Lipinski definition) is 3. The van der Waals surface area contributed by atoms with E-state index in [1.807, 2.05) is 32.0 Å². The topological polar surface area (TPSA) is 75.6 Å². The van der Waals surface area contributed by atoms with Gasteiger partial charge in [0.2, 0.25) is 0 Å². The molecule has 1 aromatic rings. The van der Waals surface area contributed by atoms with Gasteiger partial charge in [-0.05, 0) is 44.4 Å². The van der Waals surface area contributed by atoms with Gasteiger partial charge >= 0.3 is 5.97 Å². The molecule has 5 heteroatoms. The van der Waals surface area contributed by atoms with Crippen LogP contribution in [0.25, 0.3) is 0 Å². The third-order valence-corrected chi connectivity index (χ3v) is 3.89. The molecule has 2 N–H and O–H groups in total. The quantitative estimate of drug-likeness (QED) is 0.809. The van der Waals surface area contributed by atoms with E-state index in [2.05, 4.69) is 5.32 Å². The van der Waals surface area contributed by atoms with Crippen molar-refractivity contribution in [2.75, 3.05) is 13.2 Å². The summed E-state index contributed by atoms with van der Waals surface area (Å²) in [5, 5.41) is 11.8. The van der Waals surface area contributed by atoms with Crippen LogP contribution >= 0.6 is 0 Å². The van der Waals surface area contributed by atoms with Gasteiger partial charge in [-0.25, -0.2) is 0 Å². The lowest BCUT2D eigenvalue weighted by molar-refractivity contribution is -0.148. The molecular weight excluding hydrogens is 270 g/mol. The number of hydrogen-bond donors (Lipinski definition) is 2. The van der Waals surface area contributed by atoms with Crippen LogP contribution in [0.2, 0.25) is 0 Å². The van der Waals surface area contributed by atoms with Crippen molar-refractivity contribution in [1.82, 2.24) is 5.32 Å². The second-order valence-corrected chi connectivity index (χ2v) is 5.48. The lowest BCUT2D eigenvalue weighted by atomic mass is 9.88. The Morgan fingerprint density at radius 2 is 2.00 bits per heavy atom. The van der Waals surface area contributed by atoms with Gasteiger partial charge in [0.1, 0.15) is 5.75 Å². The van der Waals surface area contributed by atoms with Crippen molar-refractivity contribution in [1.29, 1.82) is 0 Å². The lowest BCUT2D eigenvalue weighted by Crippen LogP contribution is -2.42. The number of carboxylic acids is 1. The predicted octanol–water partition coefficient (Wildman–Crippen LogP) is 2.30. The van der Waals surface area contributed by atoms with Crippen LogP contribution in [0.4, 0.5) is 0 Å². The van der Waals surface area contributed by atoms with E-state index in [0.717, 1.165) is 11.1 Å². The average Bonchev–Trinajstić information content (AvgIpc) is 2.46. The Labute approximate surface area is 125 Å². The standard InChI is InChI=1S/C16H23NO4/c1-5-16(4,15(19)20)10-17-14(18)9-21-13-8-6-7-11(2)12(13)3/h6-8H,5,9-10H2,1-4H3,(H,17,18)(H,19,20). The number of carboxylic acid groups (broad SMARTS) is 1. The van der Waals surface area contributed by atoms with Crippen LogP contribution in [0.15, 0.2) is 18.2 Å². The van der Waals surface area contributed by atoms with E-state index >= 15 is 0 Å². The fourth-order valence-electron chi connectivity index (χ4n) is 1.72. The average molecular weight is 293 g/mol. The molecule has 1 atom stereocenters. The van der Waals surface area contributed by atoms with Crippen LogP contribution in [-0.2, 0) is 9.59 Å². The normalized spacial score (nSPS) is 13.3. The minimum Gasteiger partial charge on any atom is -0.483 e. The third kappa shape index (κ3) is 4.48. The van der Waals surface area contributed by atoms with Gasteiger partial charge < -0.3 is 15.2 Å². The number of benzene rings is 1. The molecule has 0 heterocycles. The van der Waals surface area contributed by atoms with E-state index in [1.165, 1.54) is 0 Å². The predicted molar refractivity (Wildman–Crippen MR) is 80.5 cm³/mol. The lowest BCUT2D eigenvalue weighted by Gasteiger charge is -2.23. The van der Waals surface area contributed by atoms with E-state index in [-0.39, 0.29) is 19.1 Å². The minimum atomic E-state index is -0.949. The van der Waals surface area contributed by atoms with Crippen molar-refractivity contribution < 1.29 is 19.4 Å². The fraction of sp³-hybridized carbons (Fsp3) is 0.500. The Kier molecular flexibility index (Phi) is 5.76. The number of rotatable bonds is 7. The molecule has 1 amide bonds. The molecule has 116 valence electrons. The van der Waals surface area contributed by atoms with E-state index in [1.54, 1.807) is 13.8 Å². The van der Waals surface area contributed by atoms with Gasteiger partial charge in [0.15, 0.2) is 6.61 Å². The summed E-state index contributed by atoms with van der Waals surface area (Å²) in [5.74, 6) is -0.570. The number of carbonyl (C=O) groups is 2. The van der Waals surface area contributed by atoms with Gasteiger partial charge in [0, 0.05) is 6.54 Å². The van der Waals surface area contributed by atoms with Gasteiger partial charge in [-0.3, -0.25) is 9.59 Å². The third-order valence-electron chi connectivity index (χ3n) is 3.89. The van der Waals surface area contributed by atoms with Gasteiger partial charge in [0.05, 0.1) is 5.41 Å². The van der Waals surface area contributed by atoms with Crippen molar-refractivity contribution in [2.45, 2.75) is 34.1 Å². The molecule has 0 saturated heterocycles. The number of amides is 1. The van der Waals surface area contributed by atoms with E-state index < -0.39 is 11.4 Å². The highest BCUT2D eigenvalue weighted by molar-refractivity contribution is 5.79. The molecule has 21 heavy (non-hydrogen) atoms. The van der Waals surface area contributed by atoms with Crippen molar-refractivity contribution in [3.63, 3.8) is 0 Å². The zero-order valence-electron chi connectivity index (χ0n) is 13.0. The zero-order chi connectivity index (χ0) is 16.0. The highest BCUT2D eigenvalue weighted by Crippen LogP contribution is 2.21. The minimum absolute atomic E-state index is 0.0911. The largest absolute Gasteiger partial charge is 0.483 e. The van der Waals surface area contributed by atoms with Crippen LogP contribution in [-0.4, -0.2) is 30.1 Å². The van der Waals surface area contributed by atoms with Crippen molar-refractivity contribution in [3.8, 4) is 5.75 Å². The summed E-state index contributed by atoms with van der Waals surface area (Å²) in [7, 11) is 0. The highest BCUT2D eigenvalue weighted by Gasteiger charge is 2.31. The van der Waals surface area contributed by atoms with Gasteiger partial charge in [-0.15, -0.1) is 0 Å². The molecule has 0 saturated carbocycles. The molecular formula is C16H23NO4. The highest BCUT2D eigenvalue weighted by atomic mass is 16.5. The number of aliphatic carboxylic acids is 1. The molecule has 0 spiro atoms. The molecule has 0 fully saturated rings. The van der Waals surface area contributed by atoms with E-state index in [0.29, 0.717) is 12.2 Å². The molecule has 0 aliphatic heterocycles. The summed E-state index contributed by atoms with van der Waals surface area (Å²) in [5.41, 5.74) is 1.14. The van der Waals surface area contributed by atoms with E-state index in [9.17, 15) is 9.59 Å². The summed E-state index contributed by atoms with van der Waals surface area (Å²) in [6.45, 7) is 7.27. The van der Waals surface area contributed by atoms with Crippen LogP contribution in [0, 0.1) is 19.3 Å². The van der Waals surface area contributed by atoms with E-state index in [4.69, 9.17) is 9.84 Å². The summed E-state index contributed by atoms with van der Waals surface area (Å²) in [4.78, 5) is 22.9. The number of ether oxygens (including phenoxy) is 1. The van der Waals surface area contributed by atoms with Crippen LogP contribution in [0.5, 0.6) is 5.75 Å². The van der Waals surface area contributed by atoms with Crippen molar-refractivity contribution >= 4 is 11.9 Å². The molecule has 0 aromatic heterocycles. The van der Waals surface area contributed by atoms with Crippen LogP contribution in [0.3, 0.4) is 0 Å². The van der Waals surface area contributed by atoms with Crippen LogP contribution < -0.4 is 10.1 Å². The summed E-state index contributed by atoms with van der Waals surface area (Å²) in [6, 6.07) is 5.65. The molecule has 1 aromatic carbocycles. The SMILES string of the molecule is CCC(C)(CNC(=O)COc1cccc(C)c1C)C(=O)O. The molecule has 1 rings (SSSR count). The molecule has 0 radical (unpaired) electrons. The Bertz CT molecular complexity index is 527. The zero-order valence-corrected chi connectivity index (χ0v) is 13.0. The maximum atomic E-state index is 11.8. The number of aryl methyl sites for hydroxylation is 1. The maximum Gasteiger partial charge on any atom is 0.311 e. The number of carbonyl (C=O) groups excluding carboxylic acids is 1. The van der Waals surface area contributed by atoms with Crippen molar-refractivity contribution in [2.24, 2.45) is 5.41 Å². The first kappa shape index (κ1) is 17.0. The van der Waals surface area contributed by atoms with Gasteiger partial charge in [-0.1, -0.05) is 19.1 Å². The maximum absolute atomic E-state index is 11.8. The Morgan fingerprint density at radius 1 is 1.33 bits per heavy atom. The first-order chi connectivity index (χ1) is 9.80. The fourth-order valence-corrected chi connectivity index (χ4v) is 1.72. The molecule has 1 unspecified atom stereocenters. The monoisotopic (exact) mass is 293 g/mol. The second-order valence-electron chi connectivity index (χ2n) is 5.48. The first-order valence-corrected chi connectivity index (χ1v) is 6.99. The Hall–Kier alpha value is -2.04. The smallest absolute Gasteiger partial charge is 0.311 e. The number of nitrogens with one attached hydrogen (secondary N) is 1.